The monoisotopic (exact) mass is 346 g/mol. The van der Waals surface area contributed by atoms with Crippen LogP contribution in [0.5, 0.6) is 0 Å². The van der Waals surface area contributed by atoms with Crippen molar-refractivity contribution in [2.75, 3.05) is 37.0 Å². The van der Waals surface area contributed by atoms with Crippen LogP contribution in [-0.2, 0) is 21.3 Å². The Hall–Kier alpha value is -1.25. The van der Waals surface area contributed by atoms with Gasteiger partial charge in [-0.05, 0) is 24.1 Å². The molecule has 1 atom stereocenters. The number of nitrogens with one attached hydrogen (secondary N) is 1. The van der Waals surface area contributed by atoms with Crippen LogP contribution in [0.25, 0.3) is 0 Å². The number of carbonyl (C=O) groups is 1. The van der Waals surface area contributed by atoms with Gasteiger partial charge in [0, 0.05) is 32.1 Å². The maximum Gasteiger partial charge on any atom is 0.266 e. The van der Waals surface area contributed by atoms with E-state index in [0.717, 1.165) is 11.3 Å². The van der Waals surface area contributed by atoms with E-state index in [-0.39, 0.29) is 18.4 Å². The van der Waals surface area contributed by atoms with Gasteiger partial charge >= 0.3 is 0 Å². The zero-order chi connectivity index (χ0) is 16.8. The molecule has 6 nitrogen and oxygen atoms in total. The van der Waals surface area contributed by atoms with E-state index >= 15 is 0 Å². The van der Waals surface area contributed by atoms with Crippen molar-refractivity contribution in [1.29, 1.82) is 0 Å². The van der Waals surface area contributed by atoms with Crippen LogP contribution >= 0.6 is 12.6 Å². The lowest BCUT2D eigenvalue weighted by atomic mass is 10.00. The predicted octanol–water partition coefficient (Wildman–Crippen LogP) is 0.845. The molecule has 0 spiro atoms. The average molecular weight is 346 g/mol. The van der Waals surface area contributed by atoms with Gasteiger partial charge < -0.3 is 10.2 Å². The molecule has 0 heterocycles. The Morgan fingerprint density at radius 1 is 1.32 bits per heavy atom. The molecule has 0 aliphatic heterocycles. The third-order valence-electron chi connectivity index (χ3n) is 3.19. The van der Waals surface area contributed by atoms with Crippen LogP contribution in [0.4, 0.5) is 5.69 Å². The summed E-state index contributed by atoms with van der Waals surface area (Å²) in [5, 5.41) is 2.50. The third kappa shape index (κ3) is 6.67. The van der Waals surface area contributed by atoms with Crippen LogP contribution in [0.3, 0.4) is 0 Å². The van der Waals surface area contributed by atoms with E-state index in [2.05, 4.69) is 17.9 Å². The zero-order valence-corrected chi connectivity index (χ0v) is 14.4. The number of carbonyl (C=O) groups excluding carboxylic acids is 1. The van der Waals surface area contributed by atoms with Crippen molar-refractivity contribution >= 4 is 34.3 Å². The minimum Gasteiger partial charge on any atom is -0.378 e. The second kappa shape index (κ2) is 8.40. The molecule has 1 rings (SSSR count). The van der Waals surface area contributed by atoms with E-state index in [9.17, 15) is 13.2 Å². The zero-order valence-electron chi connectivity index (χ0n) is 12.7. The quantitative estimate of drug-likeness (QED) is 0.480. The summed E-state index contributed by atoms with van der Waals surface area (Å²) >= 11 is 4.18. The number of hydrogen-bond donors (Lipinski definition) is 3. The van der Waals surface area contributed by atoms with Crippen LogP contribution in [-0.4, -0.2) is 51.0 Å². The molecular weight excluding hydrogens is 324 g/mol. The van der Waals surface area contributed by atoms with Gasteiger partial charge in [-0.2, -0.15) is 21.0 Å². The first kappa shape index (κ1) is 18.8. The van der Waals surface area contributed by atoms with E-state index in [1.807, 2.05) is 43.3 Å². The summed E-state index contributed by atoms with van der Waals surface area (Å²) in [6.45, 7) is -0.110. The molecule has 0 fully saturated rings. The number of hydrogen-bond acceptors (Lipinski definition) is 5. The predicted molar refractivity (Wildman–Crippen MR) is 91.2 cm³/mol. The molecule has 0 saturated carbocycles. The minimum absolute atomic E-state index is 0.110. The molecule has 8 heteroatoms. The van der Waals surface area contributed by atoms with E-state index in [0.29, 0.717) is 12.2 Å². The van der Waals surface area contributed by atoms with Crippen molar-refractivity contribution in [3.63, 3.8) is 0 Å². The Kier molecular flexibility index (Phi) is 7.18. The largest absolute Gasteiger partial charge is 0.378 e. The molecular formula is C14H22N2O4S2. The molecule has 1 aromatic rings. The molecule has 2 N–H and O–H groups in total. The van der Waals surface area contributed by atoms with E-state index in [1.165, 1.54) is 0 Å². The van der Waals surface area contributed by atoms with E-state index < -0.39 is 15.9 Å². The number of anilines is 1. The number of benzene rings is 1. The Morgan fingerprint density at radius 3 is 2.36 bits per heavy atom. The van der Waals surface area contributed by atoms with Crippen molar-refractivity contribution in [3.8, 4) is 0 Å². The van der Waals surface area contributed by atoms with E-state index in [1.54, 1.807) is 0 Å². The van der Waals surface area contributed by atoms with Gasteiger partial charge in [-0.1, -0.05) is 12.1 Å². The fourth-order valence-corrected chi connectivity index (χ4v) is 2.56. The highest BCUT2D eigenvalue weighted by atomic mass is 32.2. The fraction of sp³-hybridized carbons (Fsp3) is 0.500. The Balaban J connectivity index is 2.58. The second-order valence-electron chi connectivity index (χ2n) is 5.22. The first-order valence-electron chi connectivity index (χ1n) is 6.83. The lowest BCUT2D eigenvalue weighted by Crippen LogP contribution is -2.35. The fourth-order valence-electron chi connectivity index (χ4n) is 1.90. The summed E-state index contributed by atoms with van der Waals surface area (Å²) in [5.74, 6) is -0.756. The molecule has 1 aromatic carbocycles. The van der Waals surface area contributed by atoms with Crippen molar-refractivity contribution in [2.24, 2.45) is 5.92 Å². The Labute approximate surface area is 137 Å². The van der Waals surface area contributed by atoms with Crippen LogP contribution in [0.15, 0.2) is 24.3 Å². The van der Waals surface area contributed by atoms with Gasteiger partial charge in [0.1, 0.15) is 0 Å². The van der Waals surface area contributed by atoms with Crippen molar-refractivity contribution < 1.29 is 17.8 Å². The average Bonchev–Trinajstić information content (AvgIpc) is 2.43. The Bertz CT molecular complexity index is 585. The first-order chi connectivity index (χ1) is 10.2. The number of rotatable bonds is 8. The SMILES string of the molecule is CN(C)c1ccc(CC(CS)C(=O)NCCS(=O)(=O)O)cc1. The standard InChI is InChI=1S/C14H22N2O4S2/c1-16(2)13-5-3-11(4-6-13)9-12(10-21)14(17)15-7-8-22(18,19)20/h3-6,12,21H,7-10H2,1-2H3,(H,15,17)(H,18,19,20). The summed E-state index contributed by atoms with van der Waals surface area (Å²) < 4.78 is 29.9. The minimum atomic E-state index is -4.06. The van der Waals surface area contributed by atoms with Crippen LogP contribution in [0.1, 0.15) is 5.56 Å². The normalized spacial score (nSPS) is 12.7. The number of nitrogens with zero attached hydrogens (tertiary/aromatic N) is 1. The maximum atomic E-state index is 12.0. The number of thiol groups is 1. The third-order valence-corrected chi connectivity index (χ3v) is 4.35. The molecule has 0 saturated heterocycles. The molecule has 0 aromatic heterocycles. The van der Waals surface area contributed by atoms with Crippen LogP contribution in [0.2, 0.25) is 0 Å². The molecule has 0 aliphatic rings. The van der Waals surface area contributed by atoms with Crippen LogP contribution < -0.4 is 10.2 Å². The molecule has 0 bridgehead atoms. The topological polar surface area (TPSA) is 86.7 Å². The molecule has 0 aliphatic carbocycles. The summed E-state index contributed by atoms with van der Waals surface area (Å²) in [6, 6.07) is 7.86. The summed E-state index contributed by atoms with van der Waals surface area (Å²) in [6.07, 6.45) is 0.523. The highest BCUT2D eigenvalue weighted by molar-refractivity contribution is 7.85. The first-order valence-corrected chi connectivity index (χ1v) is 9.07. The molecule has 1 unspecified atom stereocenters. The maximum absolute atomic E-state index is 12.0. The summed E-state index contributed by atoms with van der Waals surface area (Å²) in [7, 11) is -0.157. The van der Waals surface area contributed by atoms with Crippen molar-refractivity contribution in [2.45, 2.75) is 6.42 Å². The van der Waals surface area contributed by atoms with Gasteiger partial charge in [0.25, 0.3) is 10.1 Å². The Morgan fingerprint density at radius 2 is 1.91 bits per heavy atom. The van der Waals surface area contributed by atoms with Gasteiger partial charge in [-0.3, -0.25) is 9.35 Å². The summed E-state index contributed by atoms with van der Waals surface area (Å²) in [4.78, 5) is 14.0. The highest BCUT2D eigenvalue weighted by Gasteiger charge is 2.18. The highest BCUT2D eigenvalue weighted by Crippen LogP contribution is 2.16. The number of amides is 1. The van der Waals surface area contributed by atoms with E-state index in [4.69, 9.17) is 4.55 Å². The van der Waals surface area contributed by atoms with Crippen molar-refractivity contribution in [1.82, 2.24) is 5.32 Å². The lowest BCUT2D eigenvalue weighted by molar-refractivity contribution is -0.124. The van der Waals surface area contributed by atoms with Crippen molar-refractivity contribution in [3.05, 3.63) is 29.8 Å². The molecule has 0 radical (unpaired) electrons. The van der Waals surface area contributed by atoms with Gasteiger partial charge in [0.15, 0.2) is 0 Å². The lowest BCUT2D eigenvalue weighted by Gasteiger charge is -2.16. The van der Waals surface area contributed by atoms with Gasteiger partial charge in [-0.25, -0.2) is 0 Å². The molecule has 22 heavy (non-hydrogen) atoms. The molecule has 124 valence electrons. The smallest absolute Gasteiger partial charge is 0.266 e. The van der Waals surface area contributed by atoms with Gasteiger partial charge in [0.2, 0.25) is 5.91 Å². The van der Waals surface area contributed by atoms with Gasteiger partial charge in [0.05, 0.1) is 11.7 Å². The van der Waals surface area contributed by atoms with Crippen LogP contribution in [0, 0.1) is 5.92 Å². The van der Waals surface area contributed by atoms with Gasteiger partial charge in [-0.15, -0.1) is 0 Å². The second-order valence-corrected chi connectivity index (χ2v) is 7.16. The summed E-state index contributed by atoms with van der Waals surface area (Å²) in [5.41, 5.74) is 2.08. The molecule has 1 amide bonds.